The molecule has 0 aliphatic heterocycles. The van der Waals surface area contributed by atoms with Gasteiger partial charge in [0.25, 0.3) is 0 Å². The van der Waals surface area contributed by atoms with Gasteiger partial charge < -0.3 is 10.6 Å². The average Bonchev–Trinajstić information content (AvgIpc) is 3.16. The Balaban J connectivity index is 1.38. The van der Waals surface area contributed by atoms with Crippen LogP contribution < -0.4 is 10.6 Å². The minimum atomic E-state index is -0.307. The highest BCUT2D eigenvalue weighted by atomic mass is 32.2. The van der Waals surface area contributed by atoms with Crippen LogP contribution in [0, 0.1) is 0 Å². The maximum atomic E-state index is 12.7. The number of amides is 1. The fourth-order valence-electron chi connectivity index (χ4n) is 2.58. The zero-order chi connectivity index (χ0) is 18.5. The first-order valence-corrected chi connectivity index (χ1v) is 11.5. The van der Waals surface area contributed by atoms with Gasteiger partial charge in [-0.3, -0.25) is 4.79 Å². The molecule has 2 N–H and O–H groups in total. The number of nitrogens with zero attached hydrogens (tertiary/aromatic N) is 2. The molecule has 1 unspecified atom stereocenters. The van der Waals surface area contributed by atoms with Crippen molar-refractivity contribution in [3.8, 4) is 0 Å². The number of hydrogen-bond acceptors (Lipinski definition) is 7. The first kappa shape index (κ1) is 18.5. The Kier molecular flexibility index (Phi) is 6.06. The zero-order valence-electron chi connectivity index (χ0n) is 14.6. The van der Waals surface area contributed by atoms with Crippen molar-refractivity contribution in [1.82, 2.24) is 15.5 Å². The Morgan fingerprint density at radius 3 is 2.78 bits per heavy atom. The van der Waals surface area contributed by atoms with Crippen molar-refractivity contribution in [1.29, 1.82) is 0 Å². The van der Waals surface area contributed by atoms with Crippen molar-refractivity contribution < 1.29 is 4.79 Å². The Hall–Kier alpha value is -1.90. The van der Waals surface area contributed by atoms with Gasteiger partial charge in [0.2, 0.25) is 11.0 Å². The van der Waals surface area contributed by atoms with E-state index in [1.165, 1.54) is 28.0 Å². The summed E-state index contributed by atoms with van der Waals surface area (Å²) in [4.78, 5) is 14.1. The topological polar surface area (TPSA) is 66.9 Å². The summed E-state index contributed by atoms with van der Waals surface area (Å²) in [6, 6.07) is 14.4. The predicted octanol–water partition coefficient (Wildman–Crippen LogP) is 4.37. The molecule has 1 aliphatic carbocycles. The number of thioether (sulfide) groups is 1. The average molecular weight is 417 g/mol. The number of nitrogens with one attached hydrogen (secondary N) is 2. The second-order valence-corrected chi connectivity index (χ2v) is 9.68. The van der Waals surface area contributed by atoms with E-state index in [-0.39, 0.29) is 11.2 Å². The number of hydrogen-bond donors (Lipinski definition) is 2. The number of carbonyl (C=O) groups is 1. The molecule has 1 atom stereocenters. The molecule has 1 saturated carbocycles. The van der Waals surface area contributed by atoms with Crippen molar-refractivity contribution in [3.05, 3.63) is 58.3 Å². The van der Waals surface area contributed by atoms with E-state index < -0.39 is 0 Å². The molecule has 0 bridgehead atoms. The van der Waals surface area contributed by atoms with E-state index in [9.17, 15) is 4.79 Å². The quantitative estimate of drug-likeness (QED) is 0.507. The van der Waals surface area contributed by atoms with Crippen LogP contribution in [0.1, 0.15) is 28.5 Å². The standard InChI is InChI=1S/C19H20N4OS3/c24-17(21-14-8-9-14)16(13-5-2-1-3-6-13)26-19-23-22-18(27-19)20-11-10-15-7-4-12-25-15/h1-7,12,14,16H,8-11H2,(H,20,22)(H,21,24). The van der Waals surface area contributed by atoms with Crippen LogP contribution >= 0.6 is 34.4 Å². The highest BCUT2D eigenvalue weighted by molar-refractivity contribution is 8.01. The van der Waals surface area contributed by atoms with Crippen LogP contribution in [0.5, 0.6) is 0 Å². The third kappa shape index (κ3) is 5.31. The van der Waals surface area contributed by atoms with Gasteiger partial charge in [-0.1, -0.05) is 59.5 Å². The molecule has 1 aromatic carbocycles. The molecule has 1 aliphatic rings. The number of thiophene rings is 1. The molecule has 0 spiro atoms. The molecule has 2 aromatic heterocycles. The van der Waals surface area contributed by atoms with Gasteiger partial charge in [-0.2, -0.15) is 0 Å². The van der Waals surface area contributed by atoms with Crippen LogP contribution in [0.25, 0.3) is 0 Å². The summed E-state index contributed by atoms with van der Waals surface area (Å²) in [5, 5.41) is 17.5. The molecule has 2 heterocycles. The maximum absolute atomic E-state index is 12.7. The van der Waals surface area contributed by atoms with Crippen molar-refractivity contribution >= 4 is 45.5 Å². The SMILES string of the molecule is O=C(NC1CC1)C(Sc1nnc(NCCc2cccs2)s1)c1ccccc1. The summed E-state index contributed by atoms with van der Waals surface area (Å²) in [6.07, 6.45) is 3.13. The second kappa shape index (κ2) is 8.86. The van der Waals surface area contributed by atoms with E-state index in [0.717, 1.165) is 40.8 Å². The minimum absolute atomic E-state index is 0.0519. The predicted molar refractivity (Wildman–Crippen MR) is 113 cm³/mol. The summed E-state index contributed by atoms with van der Waals surface area (Å²) < 4.78 is 0.799. The van der Waals surface area contributed by atoms with Crippen molar-refractivity contribution in [3.63, 3.8) is 0 Å². The van der Waals surface area contributed by atoms with E-state index in [4.69, 9.17) is 0 Å². The molecule has 27 heavy (non-hydrogen) atoms. The lowest BCUT2D eigenvalue weighted by Crippen LogP contribution is -2.29. The van der Waals surface area contributed by atoms with E-state index in [2.05, 4.69) is 38.3 Å². The zero-order valence-corrected chi connectivity index (χ0v) is 17.1. The Labute approximate surface area is 170 Å². The number of aromatic nitrogens is 2. The summed E-state index contributed by atoms with van der Waals surface area (Å²) in [5.74, 6) is 0.0519. The lowest BCUT2D eigenvalue weighted by Gasteiger charge is -2.15. The van der Waals surface area contributed by atoms with Crippen molar-refractivity contribution in [2.45, 2.75) is 34.9 Å². The lowest BCUT2D eigenvalue weighted by atomic mass is 10.1. The van der Waals surface area contributed by atoms with Gasteiger partial charge in [-0.05, 0) is 36.3 Å². The van der Waals surface area contributed by atoms with E-state index in [0.29, 0.717) is 6.04 Å². The summed E-state index contributed by atoms with van der Waals surface area (Å²) in [5.41, 5.74) is 0.989. The van der Waals surface area contributed by atoms with Crippen LogP contribution in [0.15, 0.2) is 52.2 Å². The van der Waals surface area contributed by atoms with Gasteiger partial charge >= 0.3 is 0 Å². The molecule has 140 valence electrons. The van der Waals surface area contributed by atoms with Gasteiger partial charge in [0.1, 0.15) is 5.25 Å². The fraction of sp³-hybridized carbons (Fsp3) is 0.316. The minimum Gasteiger partial charge on any atom is -0.360 e. The van der Waals surface area contributed by atoms with Crippen LogP contribution in [0.4, 0.5) is 5.13 Å². The molecule has 3 aromatic rings. The molecule has 1 amide bonds. The van der Waals surface area contributed by atoms with Gasteiger partial charge in [0.15, 0.2) is 4.34 Å². The second-order valence-electron chi connectivity index (χ2n) is 6.32. The van der Waals surface area contributed by atoms with Crippen LogP contribution in [0.3, 0.4) is 0 Å². The number of carbonyl (C=O) groups excluding carboxylic acids is 1. The largest absolute Gasteiger partial charge is 0.360 e. The van der Waals surface area contributed by atoms with E-state index in [1.54, 1.807) is 11.3 Å². The van der Waals surface area contributed by atoms with Gasteiger partial charge in [-0.15, -0.1) is 21.5 Å². The molecule has 1 fully saturated rings. The molecular weight excluding hydrogens is 396 g/mol. The van der Waals surface area contributed by atoms with Gasteiger partial charge in [0, 0.05) is 17.5 Å². The first-order valence-electron chi connectivity index (χ1n) is 8.89. The third-order valence-corrected chi connectivity index (χ3v) is 7.27. The van der Waals surface area contributed by atoms with E-state index in [1.807, 2.05) is 30.3 Å². The normalized spacial score (nSPS) is 14.7. The lowest BCUT2D eigenvalue weighted by molar-refractivity contribution is -0.120. The Morgan fingerprint density at radius 1 is 1.19 bits per heavy atom. The summed E-state index contributed by atoms with van der Waals surface area (Å²) in [7, 11) is 0. The van der Waals surface area contributed by atoms with Crippen LogP contribution in [-0.4, -0.2) is 28.7 Å². The van der Waals surface area contributed by atoms with Gasteiger partial charge in [-0.25, -0.2) is 0 Å². The monoisotopic (exact) mass is 416 g/mol. The molecular formula is C19H20N4OS3. The van der Waals surface area contributed by atoms with E-state index >= 15 is 0 Å². The fourth-order valence-corrected chi connectivity index (χ4v) is 5.27. The van der Waals surface area contributed by atoms with Crippen LogP contribution in [-0.2, 0) is 11.2 Å². The van der Waals surface area contributed by atoms with Crippen molar-refractivity contribution in [2.24, 2.45) is 0 Å². The molecule has 0 radical (unpaired) electrons. The number of benzene rings is 1. The van der Waals surface area contributed by atoms with Crippen molar-refractivity contribution in [2.75, 3.05) is 11.9 Å². The number of rotatable bonds is 9. The first-order chi connectivity index (χ1) is 13.3. The third-order valence-electron chi connectivity index (χ3n) is 4.12. The summed E-state index contributed by atoms with van der Waals surface area (Å²) in [6.45, 7) is 0.824. The maximum Gasteiger partial charge on any atom is 0.238 e. The highest BCUT2D eigenvalue weighted by Crippen LogP contribution is 2.38. The number of anilines is 1. The molecule has 0 saturated heterocycles. The Morgan fingerprint density at radius 2 is 2.04 bits per heavy atom. The molecule has 4 rings (SSSR count). The Bertz CT molecular complexity index is 862. The molecule has 5 nitrogen and oxygen atoms in total. The highest BCUT2D eigenvalue weighted by Gasteiger charge is 2.29. The van der Waals surface area contributed by atoms with Crippen LogP contribution in [0.2, 0.25) is 0 Å². The molecule has 8 heteroatoms. The smallest absolute Gasteiger partial charge is 0.238 e. The van der Waals surface area contributed by atoms with Gasteiger partial charge in [0.05, 0.1) is 0 Å². The summed E-state index contributed by atoms with van der Waals surface area (Å²) >= 11 is 4.73.